The van der Waals surface area contributed by atoms with Gasteiger partial charge in [0.25, 0.3) is 0 Å². The minimum Gasteiger partial charge on any atom is -0.506 e. The molecule has 0 aliphatic carbocycles. The highest BCUT2D eigenvalue weighted by Crippen LogP contribution is 2.32. The number of nitro groups is 1. The number of benzene rings is 2. The molecule has 0 fully saturated rings. The molecule has 8 heteroatoms. The highest BCUT2D eigenvalue weighted by molar-refractivity contribution is 6.32. The van der Waals surface area contributed by atoms with E-state index < -0.39 is 22.1 Å². The van der Waals surface area contributed by atoms with Crippen molar-refractivity contribution < 1.29 is 24.7 Å². The molecule has 0 radical (unpaired) electrons. The van der Waals surface area contributed by atoms with Gasteiger partial charge >= 0.3 is 5.69 Å². The standard InChI is InChI=1S/C16H12ClNO6/c1-24-16-8-15(21)11(17)6-10(16)3-4-13(19)9-2-5-14(20)12(7-9)18(22)23/h2-8,20-21H,1H3/b4-3+. The van der Waals surface area contributed by atoms with Crippen LogP contribution in [0.2, 0.25) is 5.02 Å². The first kappa shape index (κ1) is 17.3. The number of carbonyl (C=O) groups is 1. The van der Waals surface area contributed by atoms with Crippen LogP contribution >= 0.6 is 11.6 Å². The molecule has 0 amide bonds. The molecule has 2 aromatic rings. The first-order chi connectivity index (χ1) is 11.3. The number of phenolic OH excluding ortho intramolecular Hbond substituents is 2. The number of carbonyl (C=O) groups excluding carboxylic acids is 1. The number of hydrogen-bond donors (Lipinski definition) is 2. The molecule has 0 atom stereocenters. The summed E-state index contributed by atoms with van der Waals surface area (Å²) in [6.07, 6.45) is 2.59. The van der Waals surface area contributed by atoms with Gasteiger partial charge in [-0.3, -0.25) is 14.9 Å². The van der Waals surface area contributed by atoms with E-state index in [4.69, 9.17) is 16.3 Å². The lowest BCUT2D eigenvalue weighted by atomic mass is 10.1. The summed E-state index contributed by atoms with van der Waals surface area (Å²) >= 11 is 5.82. The third-order valence-electron chi connectivity index (χ3n) is 3.17. The van der Waals surface area contributed by atoms with E-state index in [1.165, 1.54) is 37.5 Å². The van der Waals surface area contributed by atoms with Crippen LogP contribution in [0.3, 0.4) is 0 Å². The molecule has 0 spiro atoms. The van der Waals surface area contributed by atoms with Crippen LogP contribution in [0.1, 0.15) is 15.9 Å². The fraction of sp³-hybridized carbons (Fsp3) is 0.0625. The Balaban J connectivity index is 2.33. The van der Waals surface area contributed by atoms with E-state index in [-0.39, 0.29) is 16.3 Å². The summed E-state index contributed by atoms with van der Waals surface area (Å²) in [7, 11) is 1.39. The monoisotopic (exact) mass is 349 g/mol. The molecular weight excluding hydrogens is 338 g/mol. The van der Waals surface area contributed by atoms with Crippen molar-refractivity contribution in [1.29, 1.82) is 0 Å². The molecule has 0 heterocycles. The summed E-state index contributed by atoms with van der Waals surface area (Å²) in [5.41, 5.74) is -0.0685. The lowest BCUT2D eigenvalue weighted by Crippen LogP contribution is -1.97. The maximum Gasteiger partial charge on any atom is 0.311 e. The van der Waals surface area contributed by atoms with Gasteiger partial charge in [-0.05, 0) is 30.4 Å². The van der Waals surface area contributed by atoms with Gasteiger partial charge in [0.05, 0.1) is 17.1 Å². The highest BCUT2D eigenvalue weighted by Gasteiger charge is 2.16. The van der Waals surface area contributed by atoms with Gasteiger partial charge < -0.3 is 14.9 Å². The first-order valence-corrected chi connectivity index (χ1v) is 6.97. The molecule has 0 saturated carbocycles. The lowest BCUT2D eigenvalue weighted by molar-refractivity contribution is -0.385. The Labute approximate surface area is 141 Å². The number of ketones is 1. The van der Waals surface area contributed by atoms with Crippen LogP contribution in [0.4, 0.5) is 5.69 Å². The van der Waals surface area contributed by atoms with E-state index in [9.17, 15) is 25.1 Å². The van der Waals surface area contributed by atoms with Crippen molar-refractivity contribution in [2.24, 2.45) is 0 Å². The van der Waals surface area contributed by atoms with Crippen LogP contribution in [0, 0.1) is 10.1 Å². The number of ether oxygens (including phenoxy) is 1. The largest absolute Gasteiger partial charge is 0.506 e. The molecule has 0 unspecified atom stereocenters. The van der Waals surface area contributed by atoms with E-state index in [0.29, 0.717) is 11.3 Å². The van der Waals surface area contributed by atoms with E-state index in [2.05, 4.69) is 0 Å². The van der Waals surface area contributed by atoms with Gasteiger partial charge in [0.1, 0.15) is 11.5 Å². The molecule has 24 heavy (non-hydrogen) atoms. The summed E-state index contributed by atoms with van der Waals surface area (Å²) in [6, 6.07) is 6.06. The number of halogens is 1. The van der Waals surface area contributed by atoms with Crippen molar-refractivity contribution in [3.8, 4) is 17.2 Å². The number of aromatic hydroxyl groups is 2. The van der Waals surface area contributed by atoms with Crippen LogP contribution in [-0.2, 0) is 0 Å². The second-order valence-corrected chi connectivity index (χ2v) is 5.11. The molecule has 0 aromatic heterocycles. The fourth-order valence-corrected chi connectivity index (χ4v) is 2.12. The zero-order chi connectivity index (χ0) is 17.9. The predicted octanol–water partition coefficient (Wildman–Crippen LogP) is 3.56. The van der Waals surface area contributed by atoms with Gasteiger partial charge in [0.2, 0.25) is 0 Å². The van der Waals surface area contributed by atoms with Crippen molar-refractivity contribution in [1.82, 2.24) is 0 Å². The van der Waals surface area contributed by atoms with Crippen LogP contribution in [-0.4, -0.2) is 28.0 Å². The van der Waals surface area contributed by atoms with Crippen LogP contribution in [0.5, 0.6) is 17.2 Å². The molecule has 2 aromatic carbocycles. The second kappa shape index (κ2) is 7.01. The number of nitro benzene ring substituents is 1. The van der Waals surface area contributed by atoms with Gasteiger partial charge in [-0.2, -0.15) is 0 Å². The smallest absolute Gasteiger partial charge is 0.311 e. The molecular formula is C16H12ClNO6. The second-order valence-electron chi connectivity index (χ2n) is 4.70. The molecule has 0 aliphatic rings. The topological polar surface area (TPSA) is 110 Å². The first-order valence-electron chi connectivity index (χ1n) is 6.59. The van der Waals surface area contributed by atoms with Gasteiger partial charge in [-0.25, -0.2) is 0 Å². The van der Waals surface area contributed by atoms with Crippen molar-refractivity contribution in [2.75, 3.05) is 7.11 Å². The Morgan fingerprint density at radius 2 is 1.96 bits per heavy atom. The van der Waals surface area contributed by atoms with E-state index in [1.807, 2.05) is 0 Å². The lowest BCUT2D eigenvalue weighted by Gasteiger charge is -2.06. The Bertz CT molecular complexity index is 847. The third kappa shape index (κ3) is 3.64. The van der Waals surface area contributed by atoms with Crippen molar-refractivity contribution in [2.45, 2.75) is 0 Å². The van der Waals surface area contributed by atoms with E-state index in [0.717, 1.165) is 12.1 Å². The van der Waals surface area contributed by atoms with Gasteiger partial charge in [-0.15, -0.1) is 0 Å². The maximum absolute atomic E-state index is 12.1. The van der Waals surface area contributed by atoms with Crippen LogP contribution < -0.4 is 4.74 Å². The average molecular weight is 350 g/mol. The predicted molar refractivity (Wildman–Crippen MR) is 87.8 cm³/mol. The summed E-state index contributed by atoms with van der Waals surface area (Å²) in [5.74, 6) is -0.888. The zero-order valence-electron chi connectivity index (χ0n) is 12.4. The van der Waals surface area contributed by atoms with Gasteiger partial charge in [0.15, 0.2) is 11.5 Å². The van der Waals surface area contributed by atoms with Crippen molar-refractivity contribution >= 4 is 29.1 Å². The summed E-state index contributed by atoms with van der Waals surface area (Å²) in [4.78, 5) is 22.2. The average Bonchev–Trinajstić information content (AvgIpc) is 2.55. The van der Waals surface area contributed by atoms with E-state index >= 15 is 0 Å². The Morgan fingerprint density at radius 1 is 1.25 bits per heavy atom. The molecule has 124 valence electrons. The quantitative estimate of drug-likeness (QED) is 0.369. The minimum absolute atomic E-state index is 0.0413. The molecule has 0 aliphatic heterocycles. The summed E-state index contributed by atoms with van der Waals surface area (Å²) in [6.45, 7) is 0. The Morgan fingerprint density at radius 3 is 2.58 bits per heavy atom. The normalized spacial score (nSPS) is 10.8. The number of phenols is 2. The number of nitrogens with zero attached hydrogens (tertiary/aromatic N) is 1. The Hall–Kier alpha value is -3.06. The SMILES string of the molecule is COc1cc(O)c(Cl)cc1/C=C/C(=O)c1ccc(O)c([N+](=O)[O-])c1. The van der Waals surface area contributed by atoms with Crippen LogP contribution in [0.25, 0.3) is 6.08 Å². The molecule has 2 N–H and O–H groups in total. The van der Waals surface area contributed by atoms with Crippen molar-refractivity contribution in [3.05, 3.63) is 62.7 Å². The molecule has 2 rings (SSSR count). The number of allylic oxidation sites excluding steroid dienone is 1. The summed E-state index contributed by atoms with van der Waals surface area (Å²) in [5, 5.41) is 29.8. The molecule has 7 nitrogen and oxygen atoms in total. The van der Waals surface area contributed by atoms with Gasteiger partial charge in [0, 0.05) is 23.3 Å². The number of rotatable bonds is 5. The maximum atomic E-state index is 12.1. The molecule has 0 bridgehead atoms. The van der Waals surface area contributed by atoms with Crippen LogP contribution in [0.15, 0.2) is 36.4 Å². The number of methoxy groups -OCH3 is 1. The van der Waals surface area contributed by atoms with Gasteiger partial charge in [-0.1, -0.05) is 11.6 Å². The third-order valence-corrected chi connectivity index (χ3v) is 3.47. The minimum atomic E-state index is -0.779. The van der Waals surface area contributed by atoms with Crippen molar-refractivity contribution in [3.63, 3.8) is 0 Å². The van der Waals surface area contributed by atoms with E-state index in [1.54, 1.807) is 0 Å². The summed E-state index contributed by atoms with van der Waals surface area (Å²) < 4.78 is 5.08. The highest BCUT2D eigenvalue weighted by atomic mass is 35.5. The molecule has 0 saturated heterocycles. The zero-order valence-corrected chi connectivity index (χ0v) is 13.1. The Kier molecular flexibility index (Phi) is 5.05. The number of hydrogen-bond acceptors (Lipinski definition) is 6. The fourth-order valence-electron chi connectivity index (χ4n) is 1.95.